The number of phenolic OH excluding ortho intramolecular Hbond substituents is 1. The van der Waals surface area contributed by atoms with E-state index in [-0.39, 0.29) is 36.4 Å². The number of H-pyrrole nitrogens is 1. The SMILES string of the molecule is C=CCNCCCN1C(=O)N2C(c3cccc(O)c3)c3[nH]c4cc(F)c(OC)cc4c3CC2(C)C1=O. The summed E-state index contributed by atoms with van der Waals surface area (Å²) in [5.41, 5.74) is 1.57. The van der Waals surface area contributed by atoms with E-state index in [4.69, 9.17) is 4.74 Å². The van der Waals surface area contributed by atoms with Crippen molar-refractivity contribution in [3.63, 3.8) is 0 Å². The molecule has 0 radical (unpaired) electrons. The maximum Gasteiger partial charge on any atom is 0.328 e. The number of ether oxygens (including phenoxy) is 1. The van der Waals surface area contributed by atoms with Crippen LogP contribution in [-0.2, 0) is 11.2 Å². The number of aromatic nitrogens is 1. The molecule has 3 aromatic rings. The van der Waals surface area contributed by atoms with Gasteiger partial charge in [-0.3, -0.25) is 14.6 Å². The lowest BCUT2D eigenvalue weighted by molar-refractivity contribution is -0.133. The van der Waals surface area contributed by atoms with Crippen molar-refractivity contribution in [1.82, 2.24) is 20.1 Å². The van der Waals surface area contributed by atoms with Crippen molar-refractivity contribution >= 4 is 22.8 Å². The van der Waals surface area contributed by atoms with Gasteiger partial charge in [-0.15, -0.1) is 6.58 Å². The molecule has 5 rings (SSSR count). The number of rotatable bonds is 8. The Hall–Kier alpha value is -3.85. The summed E-state index contributed by atoms with van der Waals surface area (Å²) >= 11 is 0. The number of halogens is 1. The van der Waals surface area contributed by atoms with Gasteiger partial charge in [0.1, 0.15) is 17.3 Å². The molecule has 0 spiro atoms. The monoisotopic (exact) mass is 492 g/mol. The Bertz CT molecular complexity index is 1370. The van der Waals surface area contributed by atoms with E-state index in [1.807, 2.05) is 6.07 Å². The van der Waals surface area contributed by atoms with Crippen LogP contribution in [0, 0.1) is 5.82 Å². The third kappa shape index (κ3) is 3.62. The Morgan fingerprint density at radius 2 is 2.14 bits per heavy atom. The molecular weight excluding hydrogens is 463 g/mol. The van der Waals surface area contributed by atoms with Gasteiger partial charge in [-0.1, -0.05) is 18.2 Å². The number of urea groups is 1. The van der Waals surface area contributed by atoms with Crippen LogP contribution in [0.25, 0.3) is 10.9 Å². The third-order valence-corrected chi connectivity index (χ3v) is 7.15. The fourth-order valence-corrected chi connectivity index (χ4v) is 5.48. The molecule has 2 aliphatic heterocycles. The normalized spacial score (nSPS) is 21.1. The van der Waals surface area contributed by atoms with Crippen LogP contribution in [0.3, 0.4) is 0 Å². The summed E-state index contributed by atoms with van der Waals surface area (Å²) in [4.78, 5) is 33.7. The Morgan fingerprint density at radius 1 is 1.33 bits per heavy atom. The molecule has 188 valence electrons. The van der Waals surface area contributed by atoms with E-state index in [1.165, 1.54) is 18.1 Å². The van der Waals surface area contributed by atoms with Crippen LogP contribution in [0.5, 0.6) is 11.5 Å². The molecular formula is C27H29FN4O4. The number of nitrogens with one attached hydrogen (secondary N) is 2. The standard InChI is InChI=1S/C27H29FN4O4/c1-4-9-29-10-6-11-31-25(34)27(2)15-19-18-13-22(36-3)20(28)14-21(18)30-23(19)24(32(27)26(31)35)16-7-5-8-17(33)12-16/h4-5,7-8,12-14,24,29-30,33H,1,6,9-11,15H2,2-3H3. The molecule has 2 atom stereocenters. The van der Waals surface area contributed by atoms with Crippen molar-refractivity contribution in [2.75, 3.05) is 26.7 Å². The summed E-state index contributed by atoms with van der Waals surface area (Å²) in [7, 11) is 1.41. The zero-order valence-corrected chi connectivity index (χ0v) is 20.3. The maximum absolute atomic E-state index is 14.5. The van der Waals surface area contributed by atoms with E-state index in [0.717, 1.165) is 10.9 Å². The number of carbonyl (C=O) groups excluding carboxylic acids is 2. The van der Waals surface area contributed by atoms with Crippen molar-refractivity contribution in [1.29, 1.82) is 0 Å². The summed E-state index contributed by atoms with van der Waals surface area (Å²) in [6.45, 7) is 7.03. The lowest BCUT2D eigenvalue weighted by atomic mass is 9.81. The second kappa shape index (κ2) is 8.98. The minimum atomic E-state index is -1.15. The van der Waals surface area contributed by atoms with E-state index in [1.54, 1.807) is 42.2 Å². The molecule has 3 N–H and O–H groups in total. The predicted molar refractivity (Wildman–Crippen MR) is 133 cm³/mol. The highest BCUT2D eigenvalue weighted by atomic mass is 19.1. The summed E-state index contributed by atoms with van der Waals surface area (Å²) in [5.74, 6) is -0.621. The van der Waals surface area contributed by atoms with Crippen LogP contribution in [0.15, 0.2) is 49.1 Å². The lowest BCUT2D eigenvalue weighted by Gasteiger charge is -2.42. The smallest absolute Gasteiger partial charge is 0.328 e. The number of aromatic hydroxyl groups is 1. The molecule has 1 saturated heterocycles. The molecule has 8 nitrogen and oxygen atoms in total. The number of amides is 3. The zero-order chi connectivity index (χ0) is 25.6. The van der Waals surface area contributed by atoms with Gasteiger partial charge in [0.15, 0.2) is 11.6 Å². The Labute approximate surface area is 208 Å². The topological polar surface area (TPSA) is 97.9 Å². The van der Waals surface area contributed by atoms with Gasteiger partial charge < -0.3 is 20.1 Å². The predicted octanol–water partition coefficient (Wildman–Crippen LogP) is 3.86. The average molecular weight is 493 g/mol. The van der Waals surface area contributed by atoms with E-state index in [2.05, 4.69) is 16.9 Å². The number of fused-ring (bicyclic) bond motifs is 4. The fourth-order valence-electron chi connectivity index (χ4n) is 5.48. The summed E-state index contributed by atoms with van der Waals surface area (Å²) in [5, 5.41) is 14.2. The minimum absolute atomic E-state index is 0.0493. The first-order chi connectivity index (χ1) is 17.3. The Balaban J connectivity index is 1.63. The summed E-state index contributed by atoms with van der Waals surface area (Å²) < 4.78 is 19.7. The van der Waals surface area contributed by atoms with Crippen LogP contribution in [0.2, 0.25) is 0 Å². The number of aromatic amines is 1. The van der Waals surface area contributed by atoms with E-state index in [9.17, 15) is 19.1 Å². The maximum atomic E-state index is 14.5. The third-order valence-electron chi connectivity index (χ3n) is 7.15. The van der Waals surface area contributed by atoms with Gasteiger partial charge >= 0.3 is 6.03 Å². The summed E-state index contributed by atoms with van der Waals surface area (Å²) in [6.07, 6.45) is 2.63. The van der Waals surface area contributed by atoms with Gasteiger partial charge in [-0.05, 0) is 49.2 Å². The molecule has 1 fully saturated rings. The molecule has 0 aliphatic carbocycles. The molecule has 2 aliphatic rings. The quantitative estimate of drug-likeness (QED) is 0.252. The van der Waals surface area contributed by atoms with Crippen molar-refractivity contribution < 1.29 is 23.8 Å². The number of carbonyl (C=O) groups is 2. The molecule has 0 saturated carbocycles. The second-order valence-electron chi connectivity index (χ2n) is 9.45. The van der Waals surface area contributed by atoms with Crippen molar-refractivity contribution in [3.8, 4) is 11.5 Å². The number of benzene rings is 2. The highest BCUT2D eigenvalue weighted by molar-refractivity contribution is 6.08. The van der Waals surface area contributed by atoms with E-state index >= 15 is 0 Å². The van der Waals surface area contributed by atoms with Crippen molar-refractivity contribution in [2.45, 2.75) is 31.3 Å². The highest BCUT2D eigenvalue weighted by Gasteiger charge is 2.60. The van der Waals surface area contributed by atoms with E-state index < -0.39 is 17.4 Å². The molecule has 2 aromatic carbocycles. The fraction of sp³-hybridized carbons (Fsp3) is 0.333. The first-order valence-electron chi connectivity index (χ1n) is 11.9. The highest BCUT2D eigenvalue weighted by Crippen LogP contribution is 2.49. The van der Waals surface area contributed by atoms with Gasteiger partial charge in [0.25, 0.3) is 5.91 Å². The molecule has 2 unspecified atom stereocenters. The molecule has 3 heterocycles. The van der Waals surface area contributed by atoms with Crippen LogP contribution in [0.4, 0.5) is 9.18 Å². The first kappa shape index (κ1) is 23.9. The Kier molecular flexibility index (Phi) is 5.96. The number of nitrogens with zero attached hydrogens (tertiary/aromatic N) is 2. The van der Waals surface area contributed by atoms with Crippen LogP contribution in [0.1, 0.15) is 36.2 Å². The molecule has 3 amide bonds. The number of methoxy groups -OCH3 is 1. The second-order valence-corrected chi connectivity index (χ2v) is 9.45. The molecule has 36 heavy (non-hydrogen) atoms. The number of hydrogen-bond acceptors (Lipinski definition) is 5. The van der Waals surface area contributed by atoms with E-state index in [0.29, 0.717) is 36.3 Å². The zero-order valence-electron chi connectivity index (χ0n) is 20.3. The van der Waals surface area contributed by atoms with Gasteiger partial charge in [-0.2, -0.15) is 0 Å². The van der Waals surface area contributed by atoms with Gasteiger partial charge in [0, 0.05) is 42.2 Å². The van der Waals surface area contributed by atoms with Crippen LogP contribution < -0.4 is 10.1 Å². The largest absolute Gasteiger partial charge is 0.508 e. The number of phenols is 1. The van der Waals surface area contributed by atoms with Gasteiger partial charge in [-0.25, -0.2) is 9.18 Å². The molecule has 1 aromatic heterocycles. The summed E-state index contributed by atoms with van der Waals surface area (Å²) in [6, 6.07) is 8.60. The average Bonchev–Trinajstić information content (AvgIpc) is 3.28. The lowest BCUT2D eigenvalue weighted by Crippen LogP contribution is -2.53. The molecule has 0 bridgehead atoms. The Morgan fingerprint density at radius 3 is 2.86 bits per heavy atom. The first-order valence-corrected chi connectivity index (χ1v) is 11.9. The van der Waals surface area contributed by atoms with Crippen molar-refractivity contribution in [2.24, 2.45) is 0 Å². The number of hydrogen-bond donors (Lipinski definition) is 3. The van der Waals surface area contributed by atoms with Crippen LogP contribution in [-0.4, -0.2) is 64.1 Å². The van der Waals surface area contributed by atoms with Crippen molar-refractivity contribution in [3.05, 3.63) is 71.7 Å². The van der Waals surface area contributed by atoms with Gasteiger partial charge in [0.05, 0.1) is 7.11 Å². The van der Waals surface area contributed by atoms with Gasteiger partial charge in [0.2, 0.25) is 0 Å². The van der Waals surface area contributed by atoms with Crippen LogP contribution >= 0.6 is 0 Å². The number of imide groups is 1. The minimum Gasteiger partial charge on any atom is -0.508 e. The molecule has 9 heteroatoms.